The Labute approximate surface area is 610 Å². The molecular weight excluding hydrogens is 1290 g/mol. The summed E-state index contributed by atoms with van der Waals surface area (Å²) < 4.78 is 0. The van der Waals surface area contributed by atoms with Crippen LogP contribution in [0.4, 0.5) is 0 Å². The smallest absolute Gasteiger partial charge is 0 e. The molecule has 0 fully saturated rings. The minimum Gasteiger partial charge on any atom is -0.0687 e. The van der Waals surface area contributed by atoms with E-state index in [0.29, 0.717) is 0 Å². The van der Waals surface area contributed by atoms with Crippen molar-refractivity contribution in [3.63, 3.8) is 0 Å². The van der Waals surface area contributed by atoms with E-state index in [0.717, 1.165) is 0 Å². The molecule has 0 amide bonds. The Hall–Kier alpha value is -23.4. The van der Waals surface area contributed by atoms with Gasteiger partial charge in [0, 0.05) is 499 Å². The van der Waals surface area contributed by atoms with Gasteiger partial charge in [-0.3, -0.25) is 0 Å². The van der Waals surface area contributed by atoms with Crippen LogP contribution in [-0.4, -0.2) is 0 Å². The van der Waals surface area contributed by atoms with Gasteiger partial charge in [0.2, 0.25) is 0 Å². The molecule has 0 N–H and O–H groups in total. The van der Waals surface area contributed by atoms with Gasteiger partial charge in [-0.15, -0.1) is 0 Å². The highest BCUT2D eigenvalue weighted by Crippen LogP contribution is 1.67. The molecule has 0 aromatic carbocycles. The second-order valence-electron chi connectivity index (χ2n) is 13.2. The van der Waals surface area contributed by atoms with Gasteiger partial charge in [0.15, 0.2) is 0 Å². The first-order valence-electron chi connectivity index (χ1n) is 26.7. The van der Waals surface area contributed by atoms with E-state index in [-0.39, 0.29) is 0 Å². The predicted octanol–water partition coefficient (Wildman–Crippen LogP) is 17.1. The SMILES string of the molecule is C=C=C=C=C=C=C=C=C=C=C=C=C=C=C=C=C=C=C=C=C=C=C=C=C=C=C=C=C=C=C=C=C=C=C=C=C=C=C=C=C=C=C=C=C=C=C=C=C=C=C=C=C=C=C=C=C=C=C=C=C=C=C=C=C=C=C=C=C=C=C=C=C=C=C=C=C=C=C=C=C=C=C=C=C=C=C=C=C=C=C=C=C=C=C=C=C=C=C=C=C=C=C=C=C=C=C. The van der Waals surface area contributed by atoms with Crippen molar-refractivity contribution in [1.82, 2.24) is 0 Å². The summed E-state index contributed by atoms with van der Waals surface area (Å²) in [5.74, 6) is 0. The monoisotopic (exact) mass is 1290 g/mol. The van der Waals surface area contributed by atoms with Crippen LogP contribution in [0.15, 0.2) is 615 Å². The van der Waals surface area contributed by atoms with Crippen molar-refractivity contribution in [3.05, 3.63) is 615 Å². The molecule has 0 atom stereocenters. The Bertz CT molecular complexity index is 8080. The summed E-state index contributed by atoms with van der Waals surface area (Å²) in [6.07, 6.45) is 0. The van der Waals surface area contributed by atoms with Crippen LogP contribution in [0.3, 0.4) is 0 Å². The van der Waals surface area contributed by atoms with E-state index in [2.05, 4.69) is 615 Å². The van der Waals surface area contributed by atoms with Gasteiger partial charge in [-0.1, -0.05) is 11.5 Å². The normalized spacial score (nSPS) is 3.96. The molecule has 0 unspecified atom stereocenters. The van der Waals surface area contributed by atoms with Gasteiger partial charge < -0.3 is 0 Å². The van der Waals surface area contributed by atoms with Crippen LogP contribution in [0, 0.1) is 0 Å². The zero-order chi connectivity index (χ0) is 76.2. The maximum atomic E-state index is 3.32. The molecule has 0 saturated carbocycles. The molecule has 432 valence electrons. The van der Waals surface area contributed by atoms with Gasteiger partial charge in [0.05, 0.1) is 0 Å². The standard InChI is InChI=1S/C107H4/c1-3-5-7-9-11-13-15-17-19-21-23-25-27-29-31-33-35-37-39-41-43-45-47-49-51-53-55-57-59-61-63-65-67-69-71-73-75-77-79-81-83-85-87-89-91-93-95-97-99-101-103-105-107-106-104-102-100-98-96-94-92-90-88-86-84-82-80-78-76-74-72-70-68-66-64-62-60-58-56-54-52-50-48-46-44-42-40-38-36-34-32-30-28-26-24-22-20-18-16-14-12-10-8-6-4-2/h1-2H2. The first kappa shape index (κ1) is 83.6. The average Bonchev–Trinajstić information content (AvgIpc) is 3.82. The third kappa shape index (κ3) is 82.6. The lowest BCUT2D eigenvalue weighted by molar-refractivity contribution is 2.10. The van der Waals surface area contributed by atoms with Crippen molar-refractivity contribution in [3.8, 4) is 0 Å². The summed E-state index contributed by atoms with van der Waals surface area (Å²) in [5, 5.41) is 0. The molecule has 0 nitrogen and oxygen atoms in total. The van der Waals surface area contributed by atoms with E-state index < -0.39 is 0 Å². The molecule has 0 aliphatic carbocycles. The minimum absolute atomic E-state index is 2.37. The maximum absolute atomic E-state index is 3.32. The summed E-state index contributed by atoms with van der Waals surface area (Å²) in [7, 11) is 0. The van der Waals surface area contributed by atoms with Gasteiger partial charge in [-0.2, -0.15) is 0 Å². The molecule has 0 saturated heterocycles. The summed E-state index contributed by atoms with van der Waals surface area (Å²) in [6.45, 7) is 6.64. The number of hydrogen-bond acceptors (Lipinski definition) is 0. The largest absolute Gasteiger partial charge is 0.0687 e. The number of rotatable bonds is 0. The van der Waals surface area contributed by atoms with Crippen LogP contribution in [-0.2, 0) is 0 Å². The highest BCUT2D eigenvalue weighted by atomic mass is 13.5. The lowest BCUT2D eigenvalue weighted by atomic mass is 10.6. The molecule has 0 aromatic rings. The zero-order valence-corrected chi connectivity index (χ0v) is 53.9. The molecule has 0 spiro atoms. The van der Waals surface area contributed by atoms with Crippen molar-refractivity contribution in [2.24, 2.45) is 0 Å². The fourth-order valence-electron chi connectivity index (χ4n) is 3.24. The second-order valence-corrected chi connectivity index (χ2v) is 13.2. The van der Waals surface area contributed by atoms with E-state index >= 15 is 0 Å². The first-order chi connectivity index (χ1) is 53.4. The highest BCUT2D eigenvalue weighted by Gasteiger charge is 1.51. The molecule has 0 radical (unpaired) electrons. The van der Waals surface area contributed by atoms with Crippen molar-refractivity contribution in [1.29, 1.82) is 0 Å². The van der Waals surface area contributed by atoms with Crippen molar-refractivity contribution in [2.45, 2.75) is 0 Å². The molecule has 0 bridgehead atoms. The third-order valence-corrected chi connectivity index (χ3v) is 6.55. The van der Waals surface area contributed by atoms with Gasteiger partial charge in [-0.25, -0.2) is 0 Å². The first-order valence-corrected chi connectivity index (χ1v) is 26.7. The molecule has 0 aliphatic heterocycles. The lowest BCUT2D eigenvalue weighted by Crippen LogP contribution is -1.26. The lowest BCUT2D eigenvalue weighted by Gasteiger charge is -1.41. The van der Waals surface area contributed by atoms with Gasteiger partial charge in [-0.05, 0) is 105 Å². The fourth-order valence-corrected chi connectivity index (χ4v) is 3.24. The Morgan fingerprint density at radius 1 is 0.0467 bits per heavy atom. The second kappa shape index (κ2) is 82.6. The van der Waals surface area contributed by atoms with E-state index in [1.807, 2.05) is 0 Å². The predicted molar refractivity (Wildman–Crippen MR) is 380 cm³/mol. The van der Waals surface area contributed by atoms with E-state index in [9.17, 15) is 0 Å². The molecule has 0 heterocycles. The van der Waals surface area contributed by atoms with E-state index in [1.54, 1.807) is 0 Å². The Kier molecular flexibility index (Phi) is 64.6. The Morgan fingerprint density at radius 3 is 0.103 bits per heavy atom. The molecular formula is C107H4. The topological polar surface area (TPSA) is 0 Å². The van der Waals surface area contributed by atoms with Gasteiger partial charge >= 0.3 is 0 Å². The van der Waals surface area contributed by atoms with E-state index in [1.165, 1.54) is 0 Å². The van der Waals surface area contributed by atoms with Crippen molar-refractivity contribution in [2.75, 3.05) is 0 Å². The van der Waals surface area contributed by atoms with Gasteiger partial charge in [0.1, 0.15) is 0 Å². The van der Waals surface area contributed by atoms with Crippen molar-refractivity contribution < 1.29 is 0 Å². The van der Waals surface area contributed by atoms with Gasteiger partial charge in [0.25, 0.3) is 0 Å². The summed E-state index contributed by atoms with van der Waals surface area (Å²) in [6, 6.07) is 0. The third-order valence-electron chi connectivity index (χ3n) is 6.55. The Balaban J connectivity index is 6.19. The molecule has 0 rings (SSSR count). The molecule has 0 aromatic heterocycles. The fraction of sp³-hybridized carbons (Fsp3) is 0. The van der Waals surface area contributed by atoms with Crippen LogP contribution in [0.25, 0.3) is 0 Å². The summed E-state index contributed by atoms with van der Waals surface area (Å²) in [5.41, 5.74) is 262. The highest BCUT2D eigenvalue weighted by molar-refractivity contribution is 5.03. The van der Waals surface area contributed by atoms with Crippen LogP contribution in [0.5, 0.6) is 0 Å². The number of hydrogen-bond donors (Lipinski definition) is 0. The van der Waals surface area contributed by atoms with Crippen LogP contribution < -0.4 is 0 Å². The van der Waals surface area contributed by atoms with Crippen molar-refractivity contribution >= 4 is 0 Å². The van der Waals surface area contributed by atoms with E-state index in [4.69, 9.17) is 0 Å². The zero-order valence-electron chi connectivity index (χ0n) is 53.9. The molecule has 107 heavy (non-hydrogen) atoms. The molecule has 0 aliphatic rings. The van der Waals surface area contributed by atoms with Crippen LogP contribution >= 0.6 is 0 Å². The van der Waals surface area contributed by atoms with Crippen LogP contribution in [0.2, 0.25) is 0 Å². The van der Waals surface area contributed by atoms with Crippen LogP contribution in [0.1, 0.15) is 0 Å². The summed E-state index contributed by atoms with van der Waals surface area (Å²) >= 11 is 0. The molecule has 0 heteroatoms. The average molecular weight is 1290 g/mol. The Morgan fingerprint density at radius 2 is 0.0748 bits per heavy atom. The summed E-state index contributed by atoms with van der Waals surface area (Å²) in [4.78, 5) is 0. The quantitative estimate of drug-likeness (QED) is 0.212. The minimum atomic E-state index is 2.37. The maximum Gasteiger partial charge on any atom is 0 e.